The van der Waals surface area contributed by atoms with Crippen molar-refractivity contribution in [1.29, 1.82) is 5.26 Å². The van der Waals surface area contributed by atoms with Crippen LogP contribution in [0.2, 0.25) is 0 Å². The van der Waals surface area contributed by atoms with Gasteiger partial charge >= 0.3 is 0 Å². The SMILES string of the molecule is N#CNC(=NCCc1cccc(F)c1)N[C@H]1CCCCN(CC(=O)N2CCCC2)C1=O. The molecule has 2 amide bonds. The summed E-state index contributed by atoms with van der Waals surface area (Å²) < 4.78 is 13.3. The van der Waals surface area contributed by atoms with Crippen molar-refractivity contribution in [2.45, 2.75) is 44.6 Å². The number of hydrogen-bond donors (Lipinski definition) is 2. The third kappa shape index (κ3) is 6.67. The molecule has 2 aliphatic rings. The van der Waals surface area contributed by atoms with Gasteiger partial charge in [0.15, 0.2) is 6.19 Å². The lowest BCUT2D eigenvalue weighted by Crippen LogP contribution is -2.52. The Hall–Kier alpha value is -3.15. The van der Waals surface area contributed by atoms with Crippen molar-refractivity contribution in [3.8, 4) is 6.19 Å². The maximum Gasteiger partial charge on any atom is 0.245 e. The van der Waals surface area contributed by atoms with E-state index in [2.05, 4.69) is 15.6 Å². The van der Waals surface area contributed by atoms with Crippen molar-refractivity contribution in [2.24, 2.45) is 4.99 Å². The lowest BCUT2D eigenvalue weighted by molar-refractivity contribution is -0.140. The van der Waals surface area contributed by atoms with Crippen LogP contribution < -0.4 is 10.6 Å². The summed E-state index contributed by atoms with van der Waals surface area (Å²) in [5, 5.41) is 14.6. The minimum Gasteiger partial charge on any atom is -0.344 e. The fourth-order valence-corrected chi connectivity index (χ4v) is 3.95. The number of nitrogens with one attached hydrogen (secondary N) is 2. The summed E-state index contributed by atoms with van der Waals surface area (Å²) in [6, 6.07) is 5.73. The van der Waals surface area contributed by atoms with Gasteiger partial charge in [-0.15, -0.1) is 0 Å². The first-order valence-corrected chi connectivity index (χ1v) is 10.8. The summed E-state index contributed by atoms with van der Waals surface area (Å²) in [4.78, 5) is 33.3. The number of aliphatic imine (C=N–C) groups is 1. The van der Waals surface area contributed by atoms with Gasteiger partial charge in [0.1, 0.15) is 11.9 Å². The molecule has 2 fully saturated rings. The number of carbonyl (C=O) groups is 2. The van der Waals surface area contributed by atoms with Crippen LogP contribution in [0, 0.1) is 17.3 Å². The van der Waals surface area contributed by atoms with Gasteiger partial charge in [-0.05, 0) is 56.2 Å². The molecule has 2 N–H and O–H groups in total. The van der Waals surface area contributed by atoms with Gasteiger partial charge in [0, 0.05) is 26.2 Å². The Morgan fingerprint density at radius 3 is 2.74 bits per heavy atom. The predicted octanol–water partition coefficient (Wildman–Crippen LogP) is 1.39. The zero-order valence-corrected chi connectivity index (χ0v) is 17.6. The highest BCUT2D eigenvalue weighted by Gasteiger charge is 2.30. The summed E-state index contributed by atoms with van der Waals surface area (Å²) in [7, 11) is 0. The van der Waals surface area contributed by atoms with Crippen molar-refractivity contribution in [3.63, 3.8) is 0 Å². The van der Waals surface area contributed by atoms with E-state index in [1.165, 1.54) is 12.1 Å². The Kier molecular flexibility index (Phi) is 8.21. The van der Waals surface area contributed by atoms with Crippen LogP contribution in [0.1, 0.15) is 37.7 Å². The number of nitrogens with zero attached hydrogens (tertiary/aromatic N) is 4. The summed E-state index contributed by atoms with van der Waals surface area (Å²) in [5.74, 6) is -0.249. The number of rotatable bonds is 6. The van der Waals surface area contributed by atoms with Crippen LogP contribution in [-0.4, -0.2) is 66.3 Å². The molecule has 1 aromatic carbocycles. The predicted molar refractivity (Wildman–Crippen MR) is 114 cm³/mol. The number of hydrogen-bond acceptors (Lipinski definition) is 4. The van der Waals surface area contributed by atoms with E-state index in [4.69, 9.17) is 5.26 Å². The van der Waals surface area contributed by atoms with Gasteiger partial charge < -0.3 is 15.1 Å². The van der Waals surface area contributed by atoms with Gasteiger partial charge in [-0.25, -0.2) is 4.39 Å². The molecular weight excluding hydrogens is 399 g/mol. The Balaban J connectivity index is 1.60. The maximum atomic E-state index is 13.3. The fraction of sp³-hybridized carbons (Fsp3) is 0.545. The number of guanidine groups is 1. The summed E-state index contributed by atoms with van der Waals surface area (Å²) in [6.07, 6.45) is 6.63. The van der Waals surface area contributed by atoms with Gasteiger partial charge in [0.05, 0.1) is 6.54 Å². The number of carbonyl (C=O) groups excluding carboxylic acids is 2. The number of likely N-dealkylation sites (tertiary alicyclic amines) is 2. The molecule has 1 aromatic rings. The molecule has 0 aliphatic carbocycles. The highest BCUT2D eigenvalue weighted by molar-refractivity contribution is 5.92. The highest BCUT2D eigenvalue weighted by atomic mass is 19.1. The van der Waals surface area contributed by atoms with Gasteiger partial charge in [0.25, 0.3) is 0 Å². The first kappa shape index (κ1) is 22.5. The first-order valence-electron chi connectivity index (χ1n) is 10.8. The molecule has 3 rings (SSSR count). The molecule has 0 bridgehead atoms. The largest absolute Gasteiger partial charge is 0.344 e. The van der Waals surface area contributed by atoms with Crippen LogP contribution in [0.25, 0.3) is 0 Å². The zero-order chi connectivity index (χ0) is 22.1. The monoisotopic (exact) mass is 428 g/mol. The molecule has 2 saturated heterocycles. The van der Waals surface area contributed by atoms with Crippen LogP contribution in [0.5, 0.6) is 0 Å². The highest BCUT2D eigenvalue weighted by Crippen LogP contribution is 2.14. The van der Waals surface area contributed by atoms with Gasteiger partial charge in [0.2, 0.25) is 17.8 Å². The van der Waals surface area contributed by atoms with Crippen molar-refractivity contribution in [3.05, 3.63) is 35.6 Å². The minimum atomic E-state index is -0.553. The Bertz CT molecular complexity index is 847. The molecule has 1 atom stereocenters. The smallest absolute Gasteiger partial charge is 0.245 e. The lowest BCUT2D eigenvalue weighted by Gasteiger charge is -2.27. The van der Waals surface area contributed by atoms with Crippen molar-refractivity contribution >= 4 is 17.8 Å². The van der Waals surface area contributed by atoms with Crippen LogP contribution in [0.4, 0.5) is 4.39 Å². The van der Waals surface area contributed by atoms with Crippen molar-refractivity contribution < 1.29 is 14.0 Å². The van der Waals surface area contributed by atoms with E-state index in [-0.39, 0.29) is 30.1 Å². The lowest BCUT2D eigenvalue weighted by atomic mass is 10.1. The molecule has 0 saturated carbocycles. The molecule has 2 heterocycles. The second-order valence-electron chi connectivity index (χ2n) is 7.89. The topological polar surface area (TPSA) is 101 Å². The van der Waals surface area contributed by atoms with E-state index < -0.39 is 6.04 Å². The van der Waals surface area contributed by atoms with E-state index in [0.717, 1.165) is 44.3 Å². The molecular formula is C22H29FN6O2. The molecule has 2 aliphatic heterocycles. The summed E-state index contributed by atoms with van der Waals surface area (Å²) in [6.45, 7) is 2.50. The van der Waals surface area contributed by atoms with E-state index >= 15 is 0 Å². The summed E-state index contributed by atoms with van der Waals surface area (Å²) >= 11 is 0. The normalized spacial score (nSPS) is 19.7. The maximum absolute atomic E-state index is 13.3. The molecule has 0 spiro atoms. The first-order chi connectivity index (χ1) is 15.1. The standard InChI is InChI=1S/C22H29FN6O2/c23-18-7-5-6-17(14-18)9-10-25-22(26-16-24)27-19-8-1-2-13-29(21(19)31)15-20(30)28-11-3-4-12-28/h5-7,14,19H,1-4,8-13,15H2,(H2,25,26,27)/t19-/m0/s1. The van der Waals surface area contributed by atoms with Crippen LogP contribution in [0.15, 0.2) is 29.3 Å². The Morgan fingerprint density at radius 2 is 2.00 bits per heavy atom. The molecule has 166 valence electrons. The fourth-order valence-electron chi connectivity index (χ4n) is 3.95. The van der Waals surface area contributed by atoms with Crippen LogP contribution in [-0.2, 0) is 16.0 Å². The van der Waals surface area contributed by atoms with Gasteiger partial charge in [-0.1, -0.05) is 12.1 Å². The second kappa shape index (κ2) is 11.3. The minimum absolute atomic E-state index is 0.00867. The second-order valence-corrected chi connectivity index (χ2v) is 7.89. The number of nitriles is 1. The third-order valence-electron chi connectivity index (χ3n) is 5.61. The molecule has 8 nitrogen and oxygen atoms in total. The molecule has 0 aromatic heterocycles. The number of amides is 2. The van der Waals surface area contributed by atoms with Gasteiger partial charge in [-0.3, -0.25) is 19.9 Å². The third-order valence-corrected chi connectivity index (χ3v) is 5.61. The van der Waals surface area contributed by atoms with E-state index in [1.807, 2.05) is 17.2 Å². The van der Waals surface area contributed by atoms with Crippen molar-refractivity contribution in [2.75, 3.05) is 32.7 Å². The Morgan fingerprint density at radius 1 is 1.23 bits per heavy atom. The molecule has 0 radical (unpaired) electrons. The molecule has 9 heteroatoms. The zero-order valence-electron chi connectivity index (χ0n) is 17.6. The molecule has 31 heavy (non-hydrogen) atoms. The van der Waals surface area contributed by atoms with Gasteiger partial charge in [-0.2, -0.15) is 5.26 Å². The van der Waals surface area contributed by atoms with Crippen LogP contribution >= 0.6 is 0 Å². The Labute approximate surface area is 182 Å². The van der Waals surface area contributed by atoms with Crippen LogP contribution in [0.3, 0.4) is 0 Å². The number of halogens is 1. The quantitative estimate of drug-likeness (QED) is 0.309. The van der Waals surface area contributed by atoms with E-state index in [0.29, 0.717) is 25.9 Å². The average molecular weight is 429 g/mol. The molecule has 0 unspecified atom stereocenters. The number of benzene rings is 1. The van der Waals surface area contributed by atoms with E-state index in [1.54, 1.807) is 11.0 Å². The van der Waals surface area contributed by atoms with E-state index in [9.17, 15) is 14.0 Å². The average Bonchev–Trinajstić information content (AvgIpc) is 3.24. The summed E-state index contributed by atoms with van der Waals surface area (Å²) in [5.41, 5.74) is 0.803. The van der Waals surface area contributed by atoms with Crippen molar-refractivity contribution in [1.82, 2.24) is 20.4 Å².